The molecular formula is C18H15ClN6O. The van der Waals surface area contributed by atoms with E-state index >= 15 is 0 Å². The summed E-state index contributed by atoms with van der Waals surface area (Å²) in [6, 6.07) is 8.87. The number of carbonyl (C=O) groups excluding carboxylic acids is 1. The number of H-pyrrole nitrogens is 1. The highest BCUT2D eigenvalue weighted by molar-refractivity contribution is 6.33. The van der Waals surface area contributed by atoms with E-state index in [4.69, 9.17) is 11.6 Å². The van der Waals surface area contributed by atoms with Gasteiger partial charge in [-0.1, -0.05) is 11.6 Å². The number of aromatic amines is 1. The first-order chi connectivity index (χ1) is 12.5. The van der Waals surface area contributed by atoms with Crippen LogP contribution in [0.25, 0.3) is 22.6 Å². The number of anilines is 1. The van der Waals surface area contributed by atoms with Gasteiger partial charge in [0.15, 0.2) is 5.65 Å². The van der Waals surface area contributed by atoms with Gasteiger partial charge in [0.05, 0.1) is 10.5 Å². The Morgan fingerprint density at radius 1 is 1.27 bits per heavy atom. The largest absolute Gasteiger partial charge is 0.337 e. The number of aromatic nitrogens is 5. The molecular weight excluding hydrogens is 352 g/mol. The quantitative estimate of drug-likeness (QED) is 0.580. The molecule has 0 radical (unpaired) electrons. The van der Waals surface area contributed by atoms with Gasteiger partial charge in [-0.05, 0) is 42.8 Å². The zero-order valence-electron chi connectivity index (χ0n) is 14.1. The first-order valence-corrected chi connectivity index (χ1v) is 8.31. The molecule has 3 heterocycles. The van der Waals surface area contributed by atoms with Crippen LogP contribution in [0.5, 0.6) is 0 Å². The molecule has 0 saturated carbocycles. The summed E-state index contributed by atoms with van der Waals surface area (Å²) in [5, 5.41) is 7.38. The highest BCUT2D eigenvalue weighted by Gasteiger charge is 2.14. The van der Waals surface area contributed by atoms with Crippen LogP contribution in [0, 0.1) is 6.92 Å². The summed E-state index contributed by atoms with van der Waals surface area (Å²) in [6.07, 6.45) is 3.34. The second-order valence-corrected chi connectivity index (χ2v) is 6.37. The second-order valence-electron chi connectivity index (χ2n) is 5.96. The Balaban J connectivity index is 1.69. The molecule has 26 heavy (non-hydrogen) atoms. The summed E-state index contributed by atoms with van der Waals surface area (Å²) in [7, 11) is 1.71. The van der Waals surface area contributed by atoms with Crippen molar-refractivity contribution in [2.24, 2.45) is 7.05 Å². The van der Waals surface area contributed by atoms with Gasteiger partial charge >= 0.3 is 0 Å². The van der Waals surface area contributed by atoms with Gasteiger partial charge in [0.1, 0.15) is 11.5 Å². The fourth-order valence-electron chi connectivity index (χ4n) is 2.71. The van der Waals surface area contributed by atoms with E-state index in [1.807, 2.05) is 13.0 Å². The highest BCUT2D eigenvalue weighted by atomic mass is 35.5. The van der Waals surface area contributed by atoms with Crippen LogP contribution in [-0.4, -0.2) is 30.6 Å². The lowest BCUT2D eigenvalue weighted by atomic mass is 10.2. The zero-order chi connectivity index (χ0) is 18.3. The number of amides is 1. The average Bonchev–Trinajstić information content (AvgIpc) is 3.22. The van der Waals surface area contributed by atoms with Gasteiger partial charge in [0.25, 0.3) is 5.91 Å². The second kappa shape index (κ2) is 6.27. The third-order valence-electron chi connectivity index (χ3n) is 4.01. The van der Waals surface area contributed by atoms with Crippen molar-refractivity contribution in [1.82, 2.24) is 24.7 Å². The molecule has 0 spiro atoms. The van der Waals surface area contributed by atoms with Crippen molar-refractivity contribution < 1.29 is 4.79 Å². The minimum Gasteiger partial charge on any atom is -0.337 e. The van der Waals surface area contributed by atoms with E-state index in [1.165, 1.54) is 4.68 Å². The molecule has 2 N–H and O–H groups in total. The van der Waals surface area contributed by atoms with Crippen LogP contribution in [-0.2, 0) is 7.05 Å². The molecule has 0 unspecified atom stereocenters. The van der Waals surface area contributed by atoms with Crippen LogP contribution in [0.2, 0.25) is 5.02 Å². The third-order valence-corrected chi connectivity index (χ3v) is 4.34. The Bertz CT molecular complexity index is 1130. The summed E-state index contributed by atoms with van der Waals surface area (Å²) < 4.78 is 1.51. The van der Waals surface area contributed by atoms with Crippen LogP contribution >= 0.6 is 11.6 Å². The van der Waals surface area contributed by atoms with E-state index in [2.05, 4.69) is 25.4 Å². The molecule has 1 aromatic carbocycles. The van der Waals surface area contributed by atoms with Gasteiger partial charge < -0.3 is 10.3 Å². The predicted octanol–water partition coefficient (Wildman–Crippen LogP) is 3.57. The van der Waals surface area contributed by atoms with Crippen molar-refractivity contribution in [2.75, 3.05) is 5.32 Å². The molecule has 0 saturated heterocycles. The molecule has 0 aliphatic carbocycles. The van der Waals surface area contributed by atoms with Crippen molar-refractivity contribution in [1.29, 1.82) is 0 Å². The van der Waals surface area contributed by atoms with Crippen molar-refractivity contribution in [3.8, 4) is 11.4 Å². The number of fused-ring (bicyclic) bond motifs is 1. The molecule has 0 atom stereocenters. The first kappa shape index (κ1) is 16.3. The number of benzene rings is 1. The van der Waals surface area contributed by atoms with Crippen molar-refractivity contribution in [3.05, 3.63) is 59.0 Å². The normalized spacial score (nSPS) is 11.0. The molecule has 0 bridgehead atoms. The number of nitrogens with zero attached hydrogens (tertiary/aromatic N) is 4. The predicted molar refractivity (Wildman–Crippen MR) is 100 cm³/mol. The zero-order valence-corrected chi connectivity index (χ0v) is 14.9. The first-order valence-electron chi connectivity index (χ1n) is 7.93. The fraction of sp³-hybridized carbons (Fsp3) is 0.111. The van der Waals surface area contributed by atoms with E-state index in [1.54, 1.807) is 43.7 Å². The number of carbonyl (C=O) groups is 1. The van der Waals surface area contributed by atoms with Crippen molar-refractivity contribution >= 4 is 34.4 Å². The maximum Gasteiger partial charge on any atom is 0.273 e. The topological polar surface area (TPSA) is 88.5 Å². The third kappa shape index (κ3) is 2.93. The van der Waals surface area contributed by atoms with Crippen molar-refractivity contribution in [3.63, 3.8) is 0 Å². The molecule has 0 fully saturated rings. The number of aryl methyl sites for hydroxylation is 2. The van der Waals surface area contributed by atoms with E-state index in [0.717, 1.165) is 11.1 Å². The van der Waals surface area contributed by atoms with Crippen molar-refractivity contribution in [2.45, 2.75) is 6.92 Å². The molecule has 0 aliphatic rings. The summed E-state index contributed by atoms with van der Waals surface area (Å²) in [6.45, 7) is 1.97. The number of halogens is 1. The maximum atomic E-state index is 12.4. The lowest BCUT2D eigenvalue weighted by Crippen LogP contribution is -2.16. The Kier molecular flexibility index (Phi) is 3.93. The van der Waals surface area contributed by atoms with Gasteiger partial charge in [0.2, 0.25) is 0 Å². The highest BCUT2D eigenvalue weighted by Crippen LogP contribution is 2.30. The summed E-state index contributed by atoms with van der Waals surface area (Å²) in [5.74, 6) is 0.347. The van der Waals surface area contributed by atoms with Crippen LogP contribution in [0.15, 0.2) is 42.7 Å². The van der Waals surface area contributed by atoms with Gasteiger partial charge in [-0.25, -0.2) is 9.97 Å². The van der Waals surface area contributed by atoms with E-state index in [0.29, 0.717) is 33.4 Å². The summed E-state index contributed by atoms with van der Waals surface area (Å²) >= 11 is 6.34. The Hall–Kier alpha value is -3.19. The van der Waals surface area contributed by atoms with Gasteiger partial charge in [-0.2, -0.15) is 5.10 Å². The van der Waals surface area contributed by atoms with Crippen LogP contribution in [0.4, 0.5) is 5.69 Å². The number of pyridine rings is 1. The molecule has 1 amide bonds. The lowest BCUT2D eigenvalue weighted by molar-refractivity contribution is 0.101. The van der Waals surface area contributed by atoms with Gasteiger partial charge in [-0.15, -0.1) is 0 Å². The number of imidazole rings is 1. The summed E-state index contributed by atoms with van der Waals surface area (Å²) in [4.78, 5) is 24.4. The Labute approximate surface area is 154 Å². The molecule has 8 heteroatoms. The SMILES string of the molecule is Cc1cnc2nc(-c3cc(NC(=O)c4ccnn4C)ccc3Cl)[nH]c2c1. The van der Waals surface area contributed by atoms with E-state index in [9.17, 15) is 4.79 Å². The molecule has 0 aliphatic heterocycles. The summed E-state index contributed by atoms with van der Waals surface area (Å²) in [5.41, 5.74) is 4.25. The Morgan fingerprint density at radius 3 is 2.88 bits per heavy atom. The molecule has 7 nitrogen and oxygen atoms in total. The number of rotatable bonds is 3. The smallest absolute Gasteiger partial charge is 0.273 e. The fourth-order valence-corrected chi connectivity index (χ4v) is 2.92. The lowest BCUT2D eigenvalue weighted by Gasteiger charge is -2.08. The van der Waals surface area contributed by atoms with Crippen LogP contribution in [0.1, 0.15) is 16.1 Å². The monoisotopic (exact) mass is 366 g/mol. The van der Waals surface area contributed by atoms with Gasteiger partial charge in [0, 0.05) is 30.7 Å². The van der Waals surface area contributed by atoms with Crippen LogP contribution < -0.4 is 5.32 Å². The van der Waals surface area contributed by atoms with E-state index in [-0.39, 0.29) is 5.91 Å². The maximum absolute atomic E-state index is 12.4. The number of hydrogen-bond acceptors (Lipinski definition) is 4. The standard InChI is InChI=1S/C18H15ClN6O/c1-10-7-14-17(20-9-10)24-16(23-14)12-8-11(3-4-13(12)19)22-18(26)15-5-6-21-25(15)2/h3-9H,1-2H3,(H,22,26)(H,20,23,24). The molecule has 4 aromatic rings. The van der Waals surface area contributed by atoms with Crippen LogP contribution in [0.3, 0.4) is 0 Å². The minimum atomic E-state index is -0.250. The van der Waals surface area contributed by atoms with E-state index < -0.39 is 0 Å². The molecule has 3 aromatic heterocycles. The number of hydrogen-bond donors (Lipinski definition) is 2. The number of nitrogens with one attached hydrogen (secondary N) is 2. The average molecular weight is 367 g/mol. The Morgan fingerprint density at radius 2 is 2.12 bits per heavy atom. The minimum absolute atomic E-state index is 0.250. The molecule has 130 valence electrons. The van der Waals surface area contributed by atoms with Gasteiger partial charge in [-0.3, -0.25) is 9.48 Å². The molecule has 4 rings (SSSR count).